The molecule has 30 N–H and O–H groups in total. The Bertz CT molecular complexity index is 1160. The van der Waals surface area contributed by atoms with Gasteiger partial charge in [-0.3, -0.25) is 0 Å². The van der Waals surface area contributed by atoms with Crippen molar-refractivity contribution in [3.63, 3.8) is 0 Å². The van der Waals surface area contributed by atoms with E-state index >= 15 is 0 Å². The second-order valence-corrected chi connectivity index (χ2v) is 27.0. The molecule has 0 bridgehead atoms. The van der Waals surface area contributed by atoms with Gasteiger partial charge in [0.25, 0.3) is 0 Å². The lowest BCUT2D eigenvalue weighted by molar-refractivity contribution is 0.297. The molecule has 0 unspecified atom stereocenters. The summed E-state index contributed by atoms with van der Waals surface area (Å²) < 4.78 is 0. The van der Waals surface area contributed by atoms with Crippen LogP contribution in [-0.2, 0) is 0 Å². The molecule has 0 saturated heterocycles. The van der Waals surface area contributed by atoms with Crippen LogP contribution in [0.1, 0.15) is 184 Å². The number of nitrogens with zero attached hydrogens (tertiary/aromatic N) is 14. The van der Waals surface area contributed by atoms with Gasteiger partial charge in [-0.2, -0.15) is 0 Å². The fourth-order valence-electron chi connectivity index (χ4n) is 8.53. The van der Waals surface area contributed by atoms with Crippen molar-refractivity contribution in [2.45, 2.75) is 184 Å². The maximum Gasteiger partial charge on any atom is 0.0104 e. The van der Waals surface area contributed by atoms with E-state index in [1.54, 1.807) is 0 Å². The van der Waals surface area contributed by atoms with Gasteiger partial charge < -0.3 is 155 Å². The van der Waals surface area contributed by atoms with Crippen molar-refractivity contribution in [2.75, 3.05) is 378 Å². The maximum atomic E-state index is 5.39. The number of rotatable bonds is 53. The van der Waals surface area contributed by atoms with Crippen LogP contribution in [-0.4, -0.2) is 446 Å². The summed E-state index contributed by atoms with van der Waals surface area (Å²) in [6.07, 6.45) is 7.28. The molecule has 0 aromatic rings. The Kier molecular flexibility index (Phi) is 197. The maximum absolute atomic E-state index is 5.39. The van der Waals surface area contributed by atoms with Crippen LogP contribution in [0.4, 0.5) is 0 Å². The molecular formula is C84H229N29. The van der Waals surface area contributed by atoms with Crippen LogP contribution in [0.3, 0.4) is 0 Å². The highest BCUT2D eigenvalue weighted by atomic mass is 15.2. The third-order valence-corrected chi connectivity index (χ3v) is 16.8. The highest BCUT2D eigenvalue weighted by Crippen LogP contribution is 1.90. The first-order valence-corrected chi connectivity index (χ1v) is 44.7. The Morgan fingerprint density at radius 2 is 0.292 bits per heavy atom. The van der Waals surface area contributed by atoms with E-state index in [2.05, 4.69) is 256 Å². The molecule has 0 aliphatic carbocycles. The normalized spacial score (nSPS) is 10.2. The topological polar surface area (TPSA) is 436 Å². The van der Waals surface area contributed by atoms with Gasteiger partial charge in [-0.1, -0.05) is 152 Å². The summed E-state index contributed by atoms with van der Waals surface area (Å²) in [6.45, 7) is 90.4. The zero-order chi connectivity index (χ0) is 90.3. The lowest BCUT2D eigenvalue weighted by Crippen LogP contribution is -2.29. The Morgan fingerprint density at radius 3 is 0.363 bits per heavy atom. The molecule has 0 aliphatic heterocycles. The van der Waals surface area contributed by atoms with Crippen LogP contribution < -0.4 is 86.0 Å². The van der Waals surface area contributed by atoms with E-state index in [1.165, 1.54) is 51.6 Å². The minimum absolute atomic E-state index is 0. The van der Waals surface area contributed by atoms with Gasteiger partial charge in [0.1, 0.15) is 0 Å². The van der Waals surface area contributed by atoms with E-state index in [-0.39, 0.29) is 7.43 Å². The van der Waals surface area contributed by atoms with Gasteiger partial charge in [0.2, 0.25) is 0 Å². The van der Waals surface area contributed by atoms with E-state index in [0.717, 1.165) is 301 Å². The molecule has 0 aromatic carbocycles. The minimum atomic E-state index is 0. The van der Waals surface area contributed by atoms with Crippen molar-refractivity contribution >= 4 is 0 Å². The molecule has 0 atom stereocenters. The highest BCUT2D eigenvalue weighted by molar-refractivity contribution is 4.58. The van der Waals surface area contributed by atoms with Gasteiger partial charge in [-0.05, 0) is 226 Å². The molecule has 0 aliphatic rings. The lowest BCUT2D eigenvalue weighted by Gasteiger charge is -2.17. The van der Waals surface area contributed by atoms with Gasteiger partial charge in [-0.15, -0.1) is 0 Å². The summed E-state index contributed by atoms with van der Waals surface area (Å²) in [6, 6.07) is 0. The molecule has 0 rings (SSSR count). The molecular weight excluding hydrogens is 1420 g/mol. The van der Waals surface area contributed by atoms with Gasteiger partial charge >= 0.3 is 0 Å². The summed E-state index contributed by atoms with van der Waals surface area (Å²) in [7, 11) is 18.5. The standard InChI is InChI=1S/2C7H18N2.6C6H16N2.5C5H14N2.C4H12N2.C4H11N.CH4/c2*1-3-6-9(4-2)7-5-8;2*1-3-5-8(2)6-4-7;4*1-3-8(4-2)6-5-7;5*1-3-7(2)5-4-6;1-6(2)4-3-5;1-2-3-4-5;/h2*3-8H2,1-2H3;6*3-7H2,1-2H3;5*3-6H2,1-2H3;3-5H2,1-2H3;2-5H2,1H3;1H4. The number of nitrogens with two attached hydrogens (primary N) is 15. The Balaban J connectivity index is -0.0000000638. The molecule has 29 heteroatoms. The van der Waals surface area contributed by atoms with Crippen LogP contribution >= 0.6 is 0 Å². The van der Waals surface area contributed by atoms with Crippen molar-refractivity contribution < 1.29 is 0 Å². The van der Waals surface area contributed by atoms with E-state index in [4.69, 9.17) is 86.0 Å². The minimum Gasteiger partial charge on any atom is -0.330 e. The van der Waals surface area contributed by atoms with Crippen LogP contribution in [0, 0.1) is 0 Å². The third kappa shape index (κ3) is 182. The summed E-state index contributed by atoms with van der Waals surface area (Å²) in [4.78, 5) is 31.4. The first-order valence-electron chi connectivity index (χ1n) is 44.7. The predicted molar refractivity (Wildman–Crippen MR) is 523 cm³/mol. The van der Waals surface area contributed by atoms with E-state index in [0.29, 0.717) is 0 Å². The quantitative estimate of drug-likeness (QED) is 0.0415. The summed E-state index contributed by atoms with van der Waals surface area (Å²) in [5.41, 5.74) is 79.4. The van der Waals surface area contributed by atoms with Crippen LogP contribution in [0.5, 0.6) is 0 Å². The molecule has 0 saturated carbocycles. The largest absolute Gasteiger partial charge is 0.330 e. The van der Waals surface area contributed by atoms with Crippen LogP contribution in [0.2, 0.25) is 0 Å². The van der Waals surface area contributed by atoms with Crippen molar-refractivity contribution in [3.05, 3.63) is 0 Å². The van der Waals surface area contributed by atoms with Gasteiger partial charge in [0, 0.05) is 183 Å². The summed E-state index contributed by atoms with van der Waals surface area (Å²) >= 11 is 0. The SMILES string of the molecule is C.CCCCN.CCCN(C)CCN.CCCN(C)CCN.CCCN(CC)CCN.CCCN(CC)CCN.CCN(C)CCN.CCN(C)CCN.CCN(C)CCN.CCN(C)CCN.CCN(C)CCN.CCN(CC)CCN.CCN(CC)CCN.CCN(CC)CCN.CCN(CC)CCN.CN(C)CCN. The smallest absolute Gasteiger partial charge is 0.0104 e. The van der Waals surface area contributed by atoms with Crippen LogP contribution in [0.25, 0.3) is 0 Å². The number of unbranched alkanes of at least 4 members (excludes halogenated alkanes) is 1. The van der Waals surface area contributed by atoms with Gasteiger partial charge in [0.05, 0.1) is 0 Å². The zero-order valence-corrected chi connectivity index (χ0v) is 82.1. The van der Waals surface area contributed by atoms with Crippen molar-refractivity contribution in [1.29, 1.82) is 0 Å². The monoisotopic (exact) mass is 1640 g/mol. The Hall–Kier alpha value is -1.16. The summed E-state index contributed by atoms with van der Waals surface area (Å²) in [5, 5.41) is 0. The predicted octanol–water partition coefficient (Wildman–Crippen LogP) is 3.45. The second-order valence-electron chi connectivity index (χ2n) is 27.0. The fourth-order valence-corrected chi connectivity index (χ4v) is 8.53. The molecule has 0 heterocycles. The van der Waals surface area contributed by atoms with Gasteiger partial charge in [-0.25, -0.2) is 0 Å². The molecule has 0 fully saturated rings. The third-order valence-electron chi connectivity index (χ3n) is 16.8. The number of hydrogen-bond acceptors (Lipinski definition) is 29. The first-order chi connectivity index (χ1) is 53.4. The van der Waals surface area contributed by atoms with E-state index in [9.17, 15) is 0 Å². The Labute approximate surface area is 713 Å². The lowest BCUT2D eigenvalue weighted by atomic mass is 10.3. The molecule has 29 nitrogen and oxygen atoms in total. The molecule has 710 valence electrons. The highest BCUT2D eigenvalue weighted by Gasteiger charge is 2.00. The van der Waals surface area contributed by atoms with Gasteiger partial charge in [0.15, 0.2) is 0 Å². The molecule has 0 radical (unpaired) electrons. The Morgan fingerprint density at radius 1 is 0.142 bits per heavy atom. The van der Waals surface area contributed by atoms with Crippen LogP contribution in [0.15, 0.2) is 0 Å². The van der Waals surface area contributed by atoms with E-state index < -0.39 is 0 Å². The number of likely N-dealkylation sites (N-methyl/N-ethyl adjacent to an activating group) is 14. The van der Waals surface area contributed by atoms with Crippen molar-refractivity contribution in [1.82, 2.24) is 68.6 Å². The summed E-state index contributed by atoms with van der Waals surface area (Å²) in [5.74, 6) is 0. The molecule has 0 amide bonds. The number of hydrogen-bond donors (Lipinski definition) is 15. The second kappa shape index (κ2) is 149. The average Bonchev–Trinajstić information content (AvgIpc) is 1.08. The average molecular weight is 1650 g/mol. The molecule has 0 spiro atoms. The zero-order valence-electron chi connectivity index (χ0n) is 82.1. The molecule has 0 aromatic heterocycles. The van der Waals surface area contributed by atoms with E-state index in [1.807, 2.05) is 14.1 Å². The fraction of sp³-hybridized carbons (Fsp3) is 1.00. The first kappa shape index (κ1) is 150. The molecule has 113 heavy (non-hydrogen) atoms. The van der Waals surface area contributed by atoms with Crippen molar-refractivity contribution in [2.24, 2.45) is 86.0 Å². The van der Waals surface area contributed by atoms with Crippen molar-refractivity contribution in [3.8, 4) is 0 Å².